The molecule has 2 unspecified atom stereocenters. The van der Waals surface area contributed by atoms with E-state index in [4.69, 9.17) is 14.2 Å². The van der Waals surface area contributed by atoms with Crippen molar-refractivity contribution in [2.45, 2.75) is 25.4 Å². The minimum Gasteiger partial charge on any atom is -0.496 e. The zero-order valence-corrected chi connectivity index (χ0v) is 22.4. The molecule has 202 valence electrons. The van der Waals surface area contributed by atoms with Gasteiger partial charge in [0.15, 0.2) is 0 Å². The summed E-state index contributed by atoms with van der Waals surface area (Å²) < 4.78 is 16.5. The molecule has 0 radical (unpaired) electrons. The lowest BCUT2D eigenvalue weighted by Crippen LogP contribution is -2.48. The Morgan fingerprint density at radius 2 is 1.82 bits per heavy atom. The molecule has 1 aliphatic rings. The van der Waals surface area contributed by atoms with E-state index in [0.29, 0.717) is 42.4 Å². The Hall–Kier alpha value is -4.30. The van der Waals surface area contributed by atoms with Gasteiger partial charge >= 0.3 is 0 Å². The molecule has 2 heterocycles. The van der Waals surface area contributed by atoms with Crippen molar-refractivity contribution in [2.24, 2.45) is 0 Å². The monoisotopic (exact) mass is 527 g/mol. The molecule has 4 aromatic rings. The van der Waals surface area contributed by atoms with Gasteiger partial charge in [0.05, 0.1) is 32.3 Å². The maximum Gasteiger partial charge on any atom is 0.254 e. The van der Waals surface area contributed by atoms with Crippen molar-refractivity contribution in [1.29, 1.82) is 0 Å². The van der Waals surface area contributed by atoms with E-state index >= 15 is 0 Å². The number of nitrogens with one attached hydrogen (secondary N) is 2. The van der Waals surface area contributed by atoms with Gasteiger partial charge in [0, 0.05) is 60.1 Å². The molecule has 8 nitrogen and oxygen atoms in total. The van der Waals surface area contributed by atoms with Crippen LogP contribution < -0.4 is 14.8 Å². The van der Waals surface area contributed by atoms with Gasteiger partial charge in [0.1, 0.15) is 11.5 Å². The number of rotatable bonds is 10. The lowest BCUT2D eigenvalue weighted by atomic mass is 9.79. The lowest BCUT2D eigenvalue weighted by Gasteiger charge is -2.41. The number of H-pyrrole nitrogens is 1. The number of hydrogen-bond donors (Lipinski definition) is 2. The second-order valence-corrected chi connectivity index (χ2v) is 9.42. The number of methoxy groups -OCH3 is 2. The first-order chi connectivity index (χ1) is 19.1. The minimum absolute atomic E-state index is 0.116. The Balaban J connectivity index is 1.55. The number of amides is 2. The van der Waals surface area contributed by atoms with Gasteiger partial charge in [-0.3, -0.25) is 9.59 Å². The van der Waals surface area contributed by atoms with Crippen LogP contribution in [0.25, 0.3) is 10.9 Å². The third-order valence-corrected chi connectivity index (χ3v) is 7.22. The summed E-state index contributed by atoms with van der Waals surface area (Å²) in [5, 5.41) is 4.10. The highest BCUT2D eigenvalue weighted by Gasteiger charge is 2.44. The van der Waals surface area contributed by atoms with Crippen molar-refractivity contribution in [3.05, 3.63) is 95.2 Å². The van der Waals surface area contributed by atoms with E-state index in [9.17, 15) is 9.59 Å². The van der Waals surface area contributed by atoms with E-state index in [1.54, 1.807) is 25.2 Å². The Labute approximate surface area is 227 Å². The van der Waals surface area contributed by atoms with Gasteiger partial charge in [-0.2, -0.15) is 0 Å². The molecule has 2 N–H and O–H groups in total. The van der Waals surface area contributed by atoms with Gasteiger partial charge in [-0.1, -0.05) is 36.4 Å². The third-order valence-electron chi connectivity index (χ3n) is 7.22. The van der Waals surface area contributed by atoms with E-state index in [2.05, 4.69) is 10.3 Å². The number of nitrogens with zero attached hydrogens (tertiary/aromatic N) is 1. The SMILES string of the molecule is CCOc1ccc(CNC(=O)C2c3ccccc3C(=O)N(CCOC)C2c2c[nH]c3ccccc23)c(OC)c1. The summed E-state index contributed by atoms with van der Waals surface area (Å²) in [6.07, 6.45) is 1.91. The van der Waals surface area contributed by atoms with Crippen molar-refractivity contribution in [3.8, 4) is 11.5 Å². The average Bonchev–Trinajstić information content (AvgIpc) is 3.39. The summed E-state index contributed by atoms with van der Waals surface area (Å²) in [6, 6.07) is 20.4. The van der Waals surface area contributed by atoms with Gasteiger partial charge in [0.2, 0.25) is 5.91 Å². The van der Waals surface area contributed by atoms with Gasteiger partial charge in [0.25, 0.3) is 5.91 Å². The Morgan fingerprint density at radius 1 is 1.03 bits per heavy atom. The van der Waals surface area contributed by atoms with E-state index in [1.807, 2.05) is 73.8 Å². The number of carbonyl (C=O) groups is 2. The molecular formula is C31H33N3O5. The lowest BCUT2D eigenvalue weighted by molar-refractivity contribution is -0.124. The third kappa shape index (κ3) is 5.07. The molecule has 1 aliphatic heterocycles. The number of fused-ring (bicyclic) bond motifs is 2. The molecule has 0 saturated heterocycles. The van der Waals surface area contributed by atoms with Crippen molar-refractivity contribution < 1.29 is 23.8 Å². The minimum atomic E-state index is -0.636. The van der Waals surface area contributed by atoms with Gasteiger partial charge in [-0.05, 0) is 36.8 Å². The summed E-state index contributed by atoms with van der Waals surface area (Å²) >= 11 is 0. The molecule has 1 aromatic heterocycles. The van der Waals surface area contributed by atoms with Crippen molar-refractivity contribution in [2.75, 3.05) is 34.0 Å². The molecule has 0 spiro atoms. The first-order valence-corrected chi connectivity index (χ1v) is 13.1. The Morgan fingerprint density at radius 3 is 2.62 bits per heavy atom. The second-order valence-electron chi connectivity index (χ2n) is 9.42. The summed E-state index contributed by atoms with van der Waals surface area (Å²) in [5.41, 5.74) is 3.91. The van der Waals surface area contributed by atoms with Crippen LogP contribution in [0.4, 0.5) is 0 Å². The van der Waals surface area contributed by atoms with Crippen LogP contribution in [0.1, 0.15) is 45.9 Å². The number of aromatic amines is 1. The molecule has 2 atom stereocenters. The molecule has 39 heavy (non-hydrogen) atoms. The number of hydrogen-bond acceptors (Lipinski definition) is 5. The Bertz CT molecular complexity index is 1480. The molecule has 3 aromatic carbocycles. The molecule has 0 bridgehead atoms. The number of benzene rings is 3. The number of aromatic nitrogens is 1. The standard InChI is InChI=1S/C31H33N3O5/c1-4-39-21-14-13-20(27(17-21)38-3)18-33-30(35)28-23-10-5-6-11-24(23)31(36)34(15-16-37-2)29(28)25-19-32-26-12-8-7-9-22(25)26/h5-14,17,19,28-29,32H,4,15-16,18H2,1-3H3,(H,33,35). The van der Waals surface area contributed by atoms with Crippen LogP contribution in [0.15, 0.2) is 72.9 Å². The largest absolute Gasteiger partial charge is 0.496 e. The zero-order chi connectivity index (χ0) is 27.4. The first-order valence-electron chi connectivity index (χ1n) is 13.1. The van der Waals surface area contributed by atoms with Crippen LogP contribution >= 0.6 is 0 Å². The smallest absolute Gasteiger partial charge is 0.254 e. The van der Waals surface area contributed by atoms with Gasteiger partial charge in [-0.25, -0.2) is 0 Å². The van der Waals surface area contributed by atoms with Crippen LogP contribution in [-0.2, 0) is 16.1 Å². The summed E-state index contributed by atoms with van der Waals surface area (Å²) in [7, 11) is 3.21. The maximum atomic E-state index is 14.1. The first kappa shape index (κ1) is 26.3. The summed E-state index contributed by atoms with van der Waals surface area (Å²) in [5.74, 6) is 0.412. The van der Waals surface area contributed by atoms with Crippen LogP contribution in [0.5, 0.6) is 11.5 Å². The fourth-order valence-electron chi connectivity index (χ4n) is 5.41. The molecule has 0 fully saturated rings. The fourth-order valence-corrected chi connectivity index (χ4v) is 5.41. The van der Waals surface area contributed by atoms with Crippen molar-refractivity contribution in [1.82, 2.24) is 15.2 Å². The van der Waals surface area contributed by atoms with E-state index in [0.717, 1.165) is 22.0 Å². The molecule has 8 heteroatoms. The van der Waals surface area contributed by atoms with E-state index in [1.165, 1.54) is 0 Å². The van der Waals surface area contributed by atoms with Crippen LogP contribution in [0, 0.1) is 0 Å². The van der Waals surface area contributed by atoms with Gasteiger partial charge in [-0.15, -0.1) is 0 Å². The Kier molecular flexibility index (Phi) is 7.84. The summed E-state index contributed by atoms with van der Waals surface area (Å²) in [6.45, 7) is 3.44. The number of para-hydroxylation sites is 1. The van der Waals surface area contributed by atoms with Crippen molar-refractivity contribution in [3.63, 3.8) is 0 Å². The second kappa shape index (κ2) is 11.6. The molecule has 2 amide bonds. The molecule has 0 aliphatic carbocycles. The normalized spacial score (nSPS) is 16.7. The number of ether oxygens (including phenoxy) is 3. The highest BCUT2D eigenvalue weighted by Crippen LogP contribution is 2.44. The zero-order valence-electron chi connectivity index (χ0n) is 22.4. The fraction of sp³-hybridized carbons (Fsp3) is 0.290. The average molecular weight is 528 g/mol. The van der Waals surface area contributed by atoms with E-state index in [-0.39, 0.29) is 18.4 Å². The van der Waals surface area contributed by atoms with Crippen LogP contribution in [0.3, 0.4) is 0 Å². The number of carbonyl (C=O) groups excluding carboxylic acids is 2. The van der Waals surface area contributed by atoms with E-state index < -0.39 is 12.0 Å². The highest BCUT2D eigenvalue weighted by molar-refractivity contribution is 6.02. The molecule has 0 saturated carbocycles. The van der Waals surface area contributed by atoms with Crippen LogP contribution in [-0.4, -0.2) is 55.7 Å². The highest BCUT2D eigenvalue weighted by atomic mass is 16.5. The summed E-state index contributed by atoms with van der Waals surface area (Å²) in [4.78, 5) is 33.0. The molecule has 5 rings (SSSR count). The van der Waals surface area contributed by atoms with Gasteiger partial charge < -0.3 is 29.4 Å². The molecular weight excluding hydrogens is 494 g/mol. The predicted molar refractivity (Wildman–Crippen MR) is 149 cm³/mol. The quantitative estimate of drug-likeness (QED) is 0.309. The van der Waals surface area contributed by atoms with Crippen LogP contribution in [0.2, 0.25) is 0 Å². The maximum absolute atomic E-state index is 14.1. The van der Waals surface area contributed by atoms with Crippen molar-refractivity contribution >= 4 is 22.7 Å². The topological polar surface area (TPSA) is 92.9 Å². The predicted octanol–water partition coefficient (Wildman–Crippen LogP) is 4.82.